The molecule has 4 aromatic rings. The Bertz CT molecular complexity index is 1320. The highest BCUT2D eigenvalue weighted by Crippen LogP contribution is 2.53. The van der Waals surface area contributed by atoms with Crippen LogP contribution in [0.5, 0.6) is 0 Å². The summed E-state index contributed by atoms with van der Waals surface area (Å²) in [5.74, 6) is 0.590. The first-order valence-corrected chi connectivity index (χ1v) is 12.5. The maximum atomic E-state index is 10.4. The lowest BCUT2D eigenvalue weighted by Gasteiger charge is -2.36. The summed E-state index contributed by atoms with van der Waals surface area (Å²) in [5.41, 5.74) is 9.16. The Morgan fingerprint density at radius 2 is 1.82 bits per heavy atom. The van der Waals surface area contributed by atoms with E-state index in [2.05, 4.69) is 25.5 Å². The first-order chi connectivity index (χ1) is 16.2. The number of hydrogen-bond acceptors (Lipinski definition) is 9. The molecule has 0 unspecified atom stereocenters. The molecule has 2 aromatic carbocycles. The van der Waals surface area contributed by atoms with Crippen molar-refractivity contribution in [3.63, 3.8) is 0 Å². The molecule has 0 aliphatic heterocycles. The number of nitrogen functional groups attached to an aromatic ring is 1. The van der Waals surface area contributed by atoms with Crippen molar-refractivity contribution in [2.24, 2.45) is 0 Å². The van der Waals surface area contributed by atoms with Gasteiger partial charge in [-0.3, -0.25) is 9.11 Å². The van der Waals surface area contributed by atoms with Gasteiger partial charge < -0.3 is 15.5 Å². The fourth-order valence-electron chi connectivity index (χ4n) is 3.25. The van der Waals surface area contributed by atoms with Gasteiger partial charge in [-0.1, -0.05) is 23.7 Å². The van der Waals surface area contributed by atoms with Gasteiger partial charge >= 0.3 is 0 Å². The van der Waals surface area contributed by atoms with E-state index in [0.29, 0.717) is 27.1 Å². The van der Waals surface area contributed by atoms with Gasteiger partial charge in [-0.05, 0) is 56.8 Å². The first kappa shape index (κ1) is 24.1. The fraction of sp³-hybridized carbons (Fsp3) is 0.217. The molecular weight excluding hydrogens is 476 g/mol. The van der Waals surface area contributed by atoms with Gasteiger partial charge in [0.2, 0.25) is 5.89 Å². The van der Waals surface area contributed by atoms with Crippen LogP contribution in [0.15, 0.2) is 58.0 Å². The van der Waals surface area contributed by atoms with Crippen molar-refractivity contribution < 1.29 is 16.4 Å². The predicted octanol–water partition coefficient (Wildman–Crippen LogP) is 5.83. The molecule has 0 bridgehead atoms. The number of nitrogens with zero attached hydrogens (tertiary/aromatic N) is 4. The molecule has 4 rings (SSSR count). The molecule has 0 fully saturated rings. The summed E-state index contributed by atoms with van der Waals surface area (Å²) in [5, 5.41) is 11.3. The Morgan fingerprint density at radius 3 is 2.47 bits per heavy atom. The molecule has 0 saturated heterocycles. The topological polar surface area (TPSA) is 143 Å². The number of hydrogen-bond donors (Lipinski definition) is 4. The van der Waals surface area contributed by atoms with E-state index in [1.807, 2.05) is 31.3 Å². The minimum absolute atomic E-state index is 0. The number of benzene rings is 2. The van der Waals surface area contributed by atoms with E-state index in [4.69, 9.17) is 21.8 Å². The molecule has 0 radical (unpaired) electrons. The van der Waals surface area contributed by atoms with Crippen LogP contribution in [0.4, 0.5) is 5.82 Å². The quantitative estimate of drug-likeness (QED) is 0.244. The number of anilines is 1. The van der Waals surface area contributed by atoms with Gasteiger partial charge in [-0.25, -0.2) is 9.97 Å². The second kappa shape index (κ2) is 9.69. The third kappa shape index (κ3) is 4.77. The molecule has 2 heterocycles. The third-order valence-corrected chi connectivity index (χ3v) is 7.81. The lowest BCUT2D eigenvalue weighted by atomic mass is 10.1. The first-order valence-electron chi connectivity index (χ1n) is 10.5. The summed E-state index contributed by atoms with van der Waals surface area (Å²) in [7, 11) is -1.08. The molecular formula is C23H29ClN6O3S. The highest BCUT2D eigenvalue weighted by atomic mass is 35.5. The standard InChI is InChI=1S/C23H25ClN6O3S.2H2/c1-13(2)34(31,32)16-8-9-17(18(24)10-16)19-12-27-21(25)20(28-19)23-30-29-22(33-23)15-6-4-14(5-7-15)11-26-3;;/h4-10,12-13,26,31-32H,11H2,1-3H3,(H2,25,27);2*1H. The number of aromatic nitrogens is 4. The van der Waals surface area contributed by atoms with Crippen LogP contribution < -0.4 is 11.1 Å². The Labute approximate surface area is 206 Å². The summed E-state index contributed by atoms with van der Waals surface area (Å²) in [4.78, 5) is 9.13. The highest BCUT2D eigenvalue weighted by molar-refractivity contribution is 8.24. The van der Waals surface area contributed by atoms with Crippen LogP contribution in [0.1, 0.15) is 22.3 Å². The van der Waals surface area contributed by atoms with Gasteiger partial charge in [0.05, 0.1) is 21.8 Å². The van der Waals surface area contributed by atoms with Crippen LogP contribution in [-0.2, 0) is 6.54 Å². The van der Waals surface area contributed by atoms with Crippen LogP contribution in [-0.4, -0.2) is 41.6 Å². The second-order valence-corrected chi connectivity index (χ2v) is 10.9. The van der Waals surface area contributed by atoms with Gasteiger partial charge in [-0.15, -0.1) is 10.2 Å². The molecule has 9 nitrogen and oxygen atoms in total. The zero-order chi connectivity index (χ0) is 24.5. The van der Waals surface area contributed by atoms with E-state index >= 15 is 0 Å². The Balaban J connectivity index is 0.00000228. The molecule has 11 heteroatoms. The molecule has 0 aliphatic rings. The zero-order valence-electron chi connectivity index (χ0n) is 18.9. The van der Waals surface area contributed by atoms with Crippen LogP contribution >= 0.6 is 22.2 Å². The highest BCUT2D eigenvalue weighted by Gasteiger charge is 2.22. The maximum Gasteiger partial charge on any atom is 0.270 e. The largest absolute Gasteiger partial charge is 0.414 e. The van der Waals surface area contributed by atoms with Crippen molar-refractivity contribution in [1.82, 2.24) is 25.5 Å². The zero-order valence-corrected chi connectivity index (χ0v) is 20.4. The van der Waals surface area contributed by atoms with E-state index in [1.54, 1.807) is 26.0 Å². The van der Waals surface area contributed by atoms with Crippen LogP contribution in [0, 0.1) is 0 Å². The molecule has 2 aromatic heterocycles. The van der Waals surface area contributed by atoms with Crippen LogP contribution in [0.25, 0.3) is 34.3 Å². The van der Waals surface area contributed by atoms with Gasteiger partial charge in [0, 0.05) is 25.8 Å². The average molecular weight is 505 g/mol. The Hall–Kier alpha value is -3.02. The Morgan fingerprint density at radius 1 is 1.12 bits per heavy atom. The van der Waals surface area contributed by atoms with Crippen molar-refractivity contribution in [2.75, 3.05) is 12.8 Å². The molecule has 182 valence electrons. The van der Waals surface area contributed by atoms with Crippen LogP contribution in [0.3, 0.4) is 0 Å². The second-order valence-electron chi connectivity index (χ2n) is 7.91. The van der Waals surface area contributed by atoms with Crippen molar-refractivity contribution in [1.29, 1.82) is 0 Å². The smallest absolute Gasteiger partial charge is 0.270 e. The molecule has 0 atom stereocenters. The van der Waals surface area contributed by atoms with E-state index < -0.39 is 10.6 Å². The summed E-state index contributed by atoms with van der Waals surface area (Å²) in [6, 6.07) is 12.6. The minimum Gasteiger partial charge on any atom is -0.414 e. The maximum absolute atomic E-state index is 10.4. The molecule has 0 aliphatic carbocycles. The lowest BCUT2D eigenvalue weighted by molar-refractivity contribution is 0.476. The summed E-state index contributed by atoms with van der Waals surface area (Å²) >= 11 is 6.47. The van der Waals surface area contributed by atoms with Gasteiger partial charge in [-0.2, -0.15) is 10.6 Å². The van der Waals surface area contributed by atoms with Gasteiger partial charge in [0.25, 0.3) is 5.89 Å². The van der Waals surface area contributed by atoms with Crippen molar-refractivity contribution >= 4 is 28.0 Å². The molecule has 0 saturated carbocycles. The van der Waals surface area contributed by atoms with Crippen LogP contribution in [0.2, 0.25) is 5.02 Å². The molecule has 5 N–H and O–H groups in total. The Kier molecular flexibility index (Phi) is 6.87. The summed E-state index contributed by atoms with van der Waals surface area (Å²) in [6.45, 7) is 4.24. The minimum atomic E-state index is -2.96. The number of halogens is 1. The van der Waals surface area contributed by atoms with E-state index in [1.165, 1.54) is 12.3 Å². The average Bonchev–Trinajstić information content (AvgIpc) is 3.30. The third-order valence-electron chi connectivity index (χ3n) is 5.23. The van der Waals surface area contributed by atoms with Crippen molar-refractivity contribution in [3.8, 4) is 34.3 Å². The van der Waals surface area contributed by atoms with E-state index in [9.17, 15) is 9.11 Å². The summed E-state index contributed by atoms with van der Waals surface area (Å²) < 4.78 is 26.7. The summed E-state index contributed by atoms with van der Waals surface area (Å²) in [6.07, 6.45) is 1.48. The predicted molar refractivity (Wildman–Crippen MR) is 139 cm³/mol. The molecule has 0 amide bonds. The van der Waals surface area contributed by atoms with E-state index in [-0.39, 0.29) is 25.5 Å². The molecule has 0 spiro atoms. The SMILES string of the molecule is CNCc1ccc(-c2nnc(-c3nc(-c4ccc(S(O)(O)C(C)C)cc4Cl)cnc3N)o2)cc1.[HH].[HH]. The van der Waals surface area contributed by atoms with Crippen molar-refractivity contribution in [2.45, 2.75) is 30.5 Å². The monoisotopic (exact) mass is 504 g/mol. The van der Waals surface area contributed by atoms with Gasteiger partial charge in [0.15, 0.2) is 11.5 Å². The normalized spacial score (nSPS) is 12.3. The fourth-order valence-corrected chi connectivity index (χ4v) is 4.70. The van der Waals surface area contributed by atoms with Crippen molar-refractivity contribution in [3.05, 3.63) is 59.2 Å². The van der Waals surface area contributed by atoms with Gasteiger partial charge in [0.1, 0.15) is 0 Å². The lowest BCUT2D eigenvalue weighted by Crippen LogP contribution is -2.10. The number of rotatable bonds is 7. The van der Waals surface area contributed by atoms with E-state index in [0.717, 1.165) is 17.7 Å². The number of nitrogens with two attached hydrogens (primary N) is 1. The molecule has 34 heavy (non-hydrogen) atoms. The number of nitrogens with one attached hydrogen (secondary N) is 1.